The van der Waals surface area contributed by atoms with Gasteiger partial charge in [-0.1, -0.05) is 32.4 Å². The monoisotopic (exact) mass is 290 g/mol. The predicted molar refractivity (Wildman–Crippen MR) is 67.3 cm³/mol. The Bertz CT molecular complexity index is 340. The van der Waals surface area contributed by atoms with Crippen LogP contribution in [0.15, 0.2) is 4.47 Å². The highest BCUT2D eigenvalue weighted by atomic mass is 79.9. The minimum atomic E-state index is 0.528. The van der Waals surface area contributed by atoms with E-state index in [2.05, 4.69) is 46.7 Å². The molecule has 4 heteroatoms. The highest BCUT2D eigenvalue weighted by Crippen LogP contribution is 2.24. The molecule has 0 aliphatic heterocycles. The second kappa shape index (κ2) is 5.80. The number of aromatic nitrogens is 2. The normalized spacial score (nSPS) is 11.1. The zero-order valence-corrected chi connectivity index (χ0v) is 11.7. The molecule has 0 fully saturated rings. The van der Waals surface area contributed by atoms with Gasteiger partial charge in [-0.2, -0.15) is 0 Å². The second-order valence-electron chi connectivity index (χ2n) is 3.98. The molecule has 0 radical (unpaired) electrons. The first-order valence-electron chi connectivity index (χ1n) is 5.25. The van der Waals surface area contributed by atoms with Gasteiger partial charge in [-0.25, -0.2) is 9.97 Å². The minimum absolute atomic E-state index is 0.528. The molecule has 0 atom stereocenters. The van der Waals surface area contributed by atoms with Crippen molar-refractivity contribution in [2.75, 3.05) is 0 Å². The number of hydrogen-bond acceptors (Lipinski definition) is 2. The van der Waals surface area contributed by atoms with E-state index in [4.69, 9.17) is 11.6 Å². The van der Waals surface area contributed by atoms with E-state index in [9.17, 15) is 0 Å². The molecular formula is C11H16BrClN2. The molecule has 15 heavy (non-hydrogen) atoms. The molecule has 0 saturated carbocycles. The van der Waals surface area contributed by atoms with Crippen LogP contribution >= 0.6 is 27.5 Å². The van der Waals surface area contributed by atoms with Crippen LogP contribution in [0.25, 0.3) is 0 Å². The molecule has 0 N–H and O–H groups in total. The molecule has 1 heterocycles. The molecule has 0 saturated heterocycles. The summed E-state index contributed by atoms with van der Waals surface area (Å²) in [6.07, 6.45) is 2.87. The average molecular weight is 292 g/mol. The number of halogens is 2. The molecule has 0 aromatic carbocycles. The fourth-order valence-electron chi connectivity index (χ4n) is 1.28. The lowest BCUT2D eigenvalue weighted by atomic mass is 10.1. The molecule has 0 spiro atoms. The van der Waals surface area contributed by atoms with Gasteiger partial charge in [-0.05, 0) is 34.7 Å². The third kappa shape index (κ3) is 3.72. The summed E-state index contributed by atoms with van der Waals surface area (Å²) in [6, 6.07) is 0. The maximum Gasteiger partial charge on any atom is 0.147 e. The van der Waals surface area contributed by atoms with Crippen LogP contribution < -0.4 is 0 Å². The molecule has 1 aromatic rings. The number of hydrogen-bond donors (Lipinski definition) is 0. The Morgan fingerprint density at radius 3 is 2.53 bits per heavy atom. The van der Waals surface area contributed by atoms with Gasteiger partial charge in [0, 0.05) is 6.42 Å². The first-order valence-corrected chi connectivity index (χ1v) is 6.42. The van der Waals surface area contributed by atoms with Crippen molar-refractivity contribution in [1.29, 1.82) is 0 Å². The molecule has 0 aliphatic rings. The van der Waals surface area contributed by atoms with Gasteiger partial charge in [0.25, 0.3) is 0 Å². The van der Waals surface area contributed by atoms with Crippen molar-refractivity contribution in [3.05, 3.63) is 21.1 Å². The summed E-state index contributed by atoms with van der Waals surface area (Å²) in [5.74, 6) is 1.52. The first-order chi connectivity index (χ1) is 7.04. The Morgan fingerprint density at radius 2 is 2.00 bits per heavy atom. The zero-order valence-electron chi connectivity index (χ0n) is 9.35. The van der Waals surface area contributed by atoms with Crippen LogP contribution in [0, 0.1) is 5.92 Å². The molecule has 84 valence electrons. The fraction of sp³-hybridized carbons (Fsp3) is 0.636. The van der Waals surface area contributed by atoms with Gasteiger partial charge >= 0.3 is 0 Å². The standard InChI is InChI=1S/C11H16BrClN2/c1-4-8-10(12)11(13)15-9(14-8)6-5-7(2)3/h7H,4-6H2,1-3H3. The van der Waals surface area contributed by atoms with Crippen molar-refractivity contribution >= 4 is 27.5 Å². The van der Waals surface area contributed by atoms with Gasteiger partial charge in [0.2, 0.25) is 0 Å². The zero-order chi connectivity index (χ0) is 11.4. The van der Waals surface area contributed by atoms with E-state index in [1.54, 1.807) is 0 Å². The molecule has 0 amide bonds. The first kappa shape index (κ1) is 12.9. The fourth-order valence-corrected chi connectivity index (χ4v) is 1.94. The van der Waals surface area contributed by atoms with Crippen molar-refractivity contribution < 1.29 is 0 Å². The van der Waals surface area contributed by atoms with E-state index in [0.717, 1.165) is 35.3 Å². The second-order valence-corrected chi connectivity index (χ2v) is 5.13. The Kier molecular flexibility index (Phi) is 5.00. The Labute approximate surface area is 105 Å². The van der Waals surface area contributed by atoms with Crippen LogP contribution in [-0.4, -0.2) is 9.97 Å². The highest BCUT2D eigenvalue weighted by molar-refractivity contribution is 9.10. The third-order valence-electron chi connectivity index (χ3n) is 2.21. The van der Waals surface area contributed by atoms with Crippen LogP contribution in [0.1, 0.15) is 38.7 Å². The van der Waals surface area contributed by atoms with Crippen LogP contribution in [0.5, 0.6) is 0 Å². The average Bonchev–Trinajstić information content (AvgIpc) is 2.19. The Balaban J connectivity index is 2.86. The van der Waals surface area contributed by atoms with Crippen molar-refractivity contribution in [2.24, 2.45) is 5.92 Å². The maximum absolute atomic E-state index is 6.02. The quantitative estimate of drug-likeness (QED) is 0.782. The number of nitrogens with zero attached hydrogens (tertiary/aromatic N) is 2. The number of rotatable bonds is 4. The van der Waals surface area contributed by atoms with E-state index in [1.807, 2.05) is 0 Å². The van der Waals surface area contributed by atoms with E-state index >= 15 is 0 Å². The summed E-state index contributed by atoms with van der Waals surface area (Å²) in [6.45, 7) is 6.46. The van der Waals surface area contributed by atoms with Crippen LogP contribution in [-0.2, 0) is 12.8 Å². The molecule has 1 rings (SSSR count). The maximum atomic E-state index is 6.02. The van der Waals surface area contributed by atoms with Crippen LogP contribution in [0.2, 0.25) is 5.15 Å². The van der Waals surface area contributed by atoms with E-state index in [1.165, 1.54) is 0 Å². The predicted octanol–water partition coefficient (Wildman–Crippen LogP) is 4.04. The van der Waals surface area contributed by atoms with Gasteiger partial charge in [0.1, 0.15) is 11.0 Å². The van der Waals surface area contributed by atoms with Gasteiger partial charge < -0.3 is 0 Å². The smallest absolute Gasteiger partial charge is 0.147 e. The molecule has 2 nitrogen and oxygen atoms in total. The Hall–Kier alpha value is -0.150. The molecule has 0 bridgehead atoms. The van der Waals surface area contributed by atoms with Crippen molar-refractivity contribution in [3.63, 3.8) is 0 Å². The van der Waals surface area contributed by atoms with E-state index in [-0.39, 0.29) is 0 Å². The van der Waals surface area contributed by atoms with Crippen LogP contribution in [0.4, 0.5) is 0 Å². The molecular weight excluding hydrogens is 275 g/mol. The van der Waals surface area contributed by atoms with E-state index in [0.29, 0.717) is 11.1 Å². The molecule has 1 aromatic heterocycles. The highest BCUT2D eigenvalue weighted by Gasteiger charge is 2.09. The SMILES string of the molecule is CCc1nc(CCC(C)C)nc(Cl)c1Br. The molecule has 0 aliphatic carbocycles. The van der Waals surface area contributed by atoms with Gasteiger partial charge in [0.15, 0.2) is 0 Å². The topological polar surface area (TPSA) is 25.8 Å². The van der Waals surface area contributed by atoms with E-state index < -0.39 is 0 Å². The van der Waals surface area contributed by atoms with Crippen molar-refractivity contribution in [2.45, 2.75) is 40.0 Å². The number of aryl methyl sites for hydroxylation is 2. The lowest BCUT2D eigenvalue weighted by molar-refractivity contribution is 0.573. The largest absolute Gasteiger partial charge is 0.237 e. The summed E-state index contributed by atoms with van der Waals surface area (Å²) in [7, 11) is 0. The van der Waals surface area contributed by atoms with Crippen molar-refractivity contribution in [3.8, 4) is 0 Å². The Morgan fingerprint density at radius 1 is 1.33 bits per heavy atom. The summed E-state index contributed by atoms with van der Waals surface area (Å²) in [4.78, 5) is 8.74. The summed E-state index contributed by atoms with van der Waals surface area (Å²) < 4.78 is 0.833. The van der Waals surface area contributed by atoms with Crippen molar-refractivity contribution in [1.82, 2.24) is 9.97 Å². The summed E-state index contributed by atoms with van der Waals surface area (Å²) in [5, 5.41) is 0.528. The van der Waals surface area contributed by atoms with Gasteiger partial charge in [0.05, 0.1) is 10.2 Å². The summed E-state index contributed by atoms with van der Waals surface area (Å²) >= 11 is 9.41. The summed E-state index contributed by atoms with van der Waals surface area (Å²) in [5.41, 5.74) is 0.994. The van der Waals surface area contributed by atoms with Crippen LogP contribution in [0.3, 0.4) is 0 Å². The third-order valence-corrected chi connectivity index (χ3v) is 3.54. The van der Waals surface area contributed by atoms with Gasteiger partial charge in [-0.15, -0.1) is 0 Å². The van der Waals surface area contributed by atoms with Gasteiger partial charge in [-0.3, -0.25) is 0 Å². The minimum Gasteiger partial charge on any atom is -0.237 e. The lowest BCUT2D eigenvalue weighted by Crippen LogP contribution is -2.03. The lowest BCUT2D eigenvalue weighted by Gasteiger charge is -2.07. The molecule has 0 unspecified atom stereocenters.